The van der Waals surface area contributed by atoms with Gasteiger partial charge in [-0.15, -0.1) is 0 Å². The first kappa shape index (κ1) is 17.0. The van der Waals surface area contributed by atoms with Crippen molar-refractivity contribution in [2.24, 2.45) is 0 Å². The van der Waals surface area contributed by atoms with Crippen LogP contribution in [-0.2, 0) is 6.54 Å². The third-order valence-electron chi connectivity index (χ3n) is 5.06. The Labute approximate surface area is 166 Å². The summed E-state index contributed by atoms with van der Waals surface area (Å²) in [6.45, 7) is 0.618. The largest absolute Gasteiger partial charge is 0.334 e. The topological polar surface area (TPSA) is 17.8 Å². The van der Waals surface area contributed by atoms with E-state index in [2.05, 4.69) is 21.7 Å². The molecule has 2 nitrogen and oxygen atoms in total. The molecule has 0 N–H and O–H groups in total. The van der Waals surface area contributed by atoms with Crippen molar-refractivity contribution in [3.8, 4) is 11.3 Å². The lowest BCUT2D eigenvalue weighted by molar-refractivity contribution is 0.626. The zero-order valence-corrected chi connectivity index (χ0v) is 15.7. The first-order chi connectivity index (χ1) is 13.7. The highest BCUT2D eigenvalue weighted by Gasteiger charge is 2.17. The molecule has 0 atom stereocenters. The Hall–Kier alpha value is -3.17. The third kappa shape index (κ3) is 2.76. The van der Waals surface area contributed by atoms with Gasteiger partial charge in [0.1, 0.15) is 5.82 Å². The van der Waals surface area contributed by atoms with E-state index in [0.717, 1.165) is 38.6 Å². The molecule has 0 fully saturated rings. The zero-order valence-electron chi connectivity index (χ0n) is 14.9. The molecule has 0 amide bonds. The molecule has 0 radical (unpaired) electrons. The van der Waals surface area contributed by atoms with Gasteiger partial charge in [-0.05, 0) is 35.9 Å². The van der Waals surface area contributed by atoms with Crippen LogP contribution in [0.3, 0.4) is 0 Å². The van der Waals surface area contributed by atoms with Crippen molar-refractivity contribution in [1.29, 1.82) is 0 Å². The molecule has 0 spiro atoms. The van der Waals surface area contributed by atoms with Crippen LogP contribution in [0.15, 0.2) is 85.1 Å². The molecule has 0 saturated carbocycles. The summed E-state index contributed by atoms with van der Waals surface area (Å²) in [6, 6.07) is 24.7. The van der Waals surface area contributed by atoms with Gasteiger partial charge in [0, 0.05) is 34.6 Å². The molecule has 0 saturated heterocycles. The number of rotatable bonds is 3. The standard InChI is InChI=1S/C24H16ClFN2/c25-21-7-3-1-6-20(21)23-24-19(13-14-27-23)18-5-2-4-8-22(18)28(24)15-16-9-11-17(26)12-10-16/h1-14H,15H2. The summed E-state index contributed by atoms with van der Waals surface area (Å²) in [4.78, 5) is 4.68. The Morgan fingerprint density at radius 3 is 2.39 bits per heavy atom. The van der Waals surface area contributed by atoms with Gasteiger partial charge in [0.15, 0.2) is 0 Å². The molecule has 0 unspecified atom stereocenters. The van der Waals surface area contributed by atoms with E-state index in [-0.39, 0.29) is 5.82 Å². The summed E-state index contributed by atoms with van der Waals surface area (Å²) in [7, 11) is 0. The van der Waals surface area contributed by atoms with Gasteiger partial charge in [-0.1, -0.05) is 60.1 Å². The minimum atomic E-state index is -0.232. The molecule has 3 aromatic carbocycles. The van der Waals surface area contributed by atoms with Gasteiger partial charge in [-0.3, -0.25) is 4.98 Å². The van der Waals surface area contributed by atoms with Crippen LogP contribution in [0.25, 0.3) is 33.1 Å². The fourth-order valence-electron chi connectivity index (χ4n) is 3.79. The minimum absolute atomic E-state index is 0.232. The van der Waals surface area contributed by atoms with E-state index in [4.69, 9.17) is 11.6 Å². The lowest BCUT2D eigenvalue weighted by atomic mass is 10.1. The Bertz CT molecular complexity index is 1310. The highest BCUT2D eigenvalue weighted by Crippen LogP contribution is 2.37. The zero-order chi connectivity index (χ0) is 19.1. The van der Waals surface area contributed by atoms with Gasteiger partial charge in [0.25, 0.3) is 0 Å². The summed E-state index contributed by atoms with van der Waals surface area (Å²) in [5.41, 5.74) is 4.92. The molecule has 4 heteroatoms. The van der Waals surface area contributed by atoms with Gasteiger partial charge in [0.05, 0.1) is 16.2 Å². The van der Waals surface area contributed by atoms with E-state index < -0.39 is 0 Å². The number of para-hydroxylation sites is 1. The van der Waals surface area contributed by atoms with E-state index >= 15 is 0 Å². The van der Waals surface area contributed by atoms with Crippen LogP contribution >= 0.6 is 11.6 Å². The second kappa shape index (κ2) is 6.77. The molecule has 0 aliphatic rings. The first-order valence-electron chi connectivity index (χ1n) is 9.07. The van der Waals surface area contributed by atoms with E-state index in [0.29, 0.717) is 11.6 Å². The van der Waals surface area contributed by atoms with Crippen molar-refractivity contribution in [2.75, 3.05) is 0 Å². The van der Waals surface area contributed by atoms with Gasteiger partial charge in [-0.2, -0.15) is 0 Å². The second-order valence-electron chi connectivity index (χ2n) is 6.77. The average molecular weight is 387 g/mol. The van der Waals surface area contributed by atoms with Crippen LogP contribution < -0.4 is 0 Å². The summed E-state index contributed by atoms with van der Waals surface area (Å²) in [5.74, 6) is -0.232. The maximum atomic E-state index is 13.4. The molecule has 0 aliphatic heterocycles. The molecule has 0 aliphatic carbocycles. The molecule has 28 heavy (non-hydrogen) atoms. The highest BCUT2D eigenvalue weighted by molar-refractivity contribution is 6.33. The van der Waals surface area contributed by atoms with Crippen LogP contribution in [0.5, 0.6) is 0 Å². The lowest BCUT2D eigenvalue weighted by Gasteiger charge is -2.12. The Morgan fingerprint density at radius 2 is 1.57 bits per heavy atom. The fourth-order valence-corrected chi connectivity index (χ4v) is 4.01. The minimum Gasteiger partial charge on any atom is -0.334 e. The first-order valence-corrected chi connectivity index (χ1v) is 9.45. The fraction of sp³-hybridized carbons (Fsp3) is 0.0417. The number of aromatic nitrogens is 2. The number of hydrogen-bond acceptors (Lipinski definition) is 1. The molecular weight excluding hydrogens is 371 g/mol. The monoisotopic (exact) mass is 386 g/mol. The maximum absolute atomic E-state index is 13.4. The third-order valence-corrected chi connectivity index (χ3v) is 5.39. The van der Waals surface area contributed by atoms with Crippen LogP contribution in [0, 0.1) is 5.82 Å². The SMILES string of the molecule is Fc1ccc(Cn2c3ccccc3c3ccnc(-c4ccccc4Cl)c32)cc1. The predicted octanol–water partition coefficient (Wildman–Crippen LogP) is 6.70. The van der Waals surface area contributed by atoms with Gasteiger partial charge < -0.3 is 4.57 Å². The summed E-state index contributed by atoms with van der Waals surface area (Å²) < 4.78 is 15.6. The second-order valence-corrected chi connectivity index (χ2v) is 7.17. The number of fused-ring (bicyclic) bond motifs is 3. The van der Waals surface area contributed by atoms with Crippen molar-refractivity contribution < 1.29 is 4.39 Å². The maximum Gasteiger partial charge on any atom is 0.123 e. The highest BCUT2D eigenvalue weighted by atomic mass is 35.5. The van der Waals surface area contributed by atoms with Crippen LogP contribution in [0.2, 0.25) is 5.02 Å². The number of halogens is 2. The van der Waals surface area contributed by atoms with Crippen LogP contribution in [-0.4, -0.2) is 9.55 Å². The normalized spacial score (nSPS) is 11.4. The number of benzene rings is 3. The molecule has 2 heterocycles. The van der Waals surface area contributed by atoms with Gasteiger partial charge >= 0.3 is 0 Å². The Morgan fingerprint density at radius 1 is 0.821 bits per heavy atom. The van der Waals surface area contributed by atoms with Crippen molar-refractivity contribution in [3.63, 3.8) is 0 Å². The van der Waals surface area contributed by atoms with Crippen LogP contribution in [0.1, 0.15) is 5.56 Å². The van der Waals surface area contributed by atoms with Crippen molar-refractivity contribution in [3.05, 3.63) is 101 Å². The van der Waals surface area contributed by atoms with Gasteiger partial charge in [0.2, 0.25) is 0 Å². The number of nitrogens with zero attached hydrogens (tertiary/aromatic N) is 2. The van der Waals surface area contributed by atoms with Crippen molar-refractivity contribution >= 4 is 33.4 Å². The smallest absolute Gasteiger partial charge is 0.123 e. The van der Waals surface area contributed by atoms with Crippen molar-refractivity contribution in [2.45, 2.75) is 6.54 Å². The molecule has 2 aromatic heterocycles. The molecule has 5 aromatic rings. The van der Waals surface area contributed by atoms with E-state index in [1.807, 2.05) is 60.8 Å². The van der Waals surface area contributed by atoms with Gasteiger partial charge in [-0.25, -0.2) is 4.39 Å². The Kier molecular flexibility index (Phi) is 4.10. The summed E-state index contributed by atoms with van der Waals surface area (Å²) >= 11 is 6.50. The molecule has 136 valence electrons. The quantitative estimate of drug-likeness (QED) is 0.337. The Balaban J connectivity index is 1.84. The lowest BCUT2D eigenvalue weighted by Crippen LogP contribution is -2.01. The van der Waals surface area contributed by atoms with E-state index in [1.54, 1.807) is 0 Å². The average Bonchev–Trinajstić information content (AvgIpc) is 3.04. The van der Waals surface area contributed by atoms with Crippen molar-refractivity contribution in [1.82, 2.24) is 9.55 Å². The predicted molar refractivity (Wildman–Crippen MR) is 113 cm³/mol. The number of hydrogen-bond donors (Lipinski definition) is 0. The van der Waals surface area contributed by atoms with E-state index in [9.17, 15) is 4.39 Å². The summed E-state index contributed by atoms with van der Waals surface area (Å²) in [5, 5.41) is 2.96. The molecule has 0 bridgehead atoms. The number of pyridine rings is 1. The molecule has 5 rings (SSSR count). The van der Waals surface area contributed by atoms with Crippen LogP contribution in [0.4, 0.5) is 4.39 Å². The molecular formula is C24H16ClFN2. The van der Waals surface area contributed by atoms with E-state index in [1.165, 1.54) is 12.1 Å². The summed E-state index contributed by atoms with van der Waals surface area (Å²) in [6.07, 6.45) is 1.83.